The van der Waals surface area contributed by atoms with Gasteiger partial charge < -0.3 is 21.5 Å². The SMILES string of the molecule is NC(N)=Nc1ccc(C(=O)Oc2ccc3c(c2)CCC(=O)N3)cc1. The highest BCUT2D eigenvalue weighted by Gasteiger charge is 2.16. The number of carbonyl (C=O) groups excluding carboxylic acids is 2. The maximum atomic E-state index is 12.2. The summed E-state index contributed by atoms with van der Waals surface area (Å²) < 4.78 is 5.38. The van der Waals surface area contributed by atoms with Crippen LogP contribution in [0.4, 0.5) is 11.4 Å². The van der Waals surface area contributed by atoms with Crippen LogP contribution in [0, 0.1) is 0 Å². The molecular weight excluding hydrogens is 308 g/mol. The quantitative estimate of drug-likeness (QED) is 0.343. The number of guanidine groups is 1. The normalized spacial score (nSPS) is 12.8. The first-order valence-electron chi connectivity index (χ1n) is 7.36. The summed E-state index contributed by atoms with van der Waals surface area (Å²) >= 11 is 0. The van der Waals surface area contributed by atoms with Crippen molar-refractivity contribution in [1.82, 2.24) is 0 Å². The van der Waals surface area contributed by atoms with Gasteiger partial charge in [-0.25, -0.2) is 9.79 Å². The number of nitrogens with one attached hydrogen (secondary N) is 1. The Bertz CT molecular complexity index is 824. The highest BCUT2D eigenvalue weighted by atomic mass is 16.5. The van der Waals surface area contributed by atoms with Gasteiger partial charge in [0.2, 0.25) is 5.91 Å². The lowest BCUT2D eigenvalue weighted by Crippen LogP contribution is -2.21. The molecule has 24 heavy (non-hydrogen) atoms. The maximum absolute atomic E-state index is 12.2. The van der Waals surface area contributed by atoms with E-state index < -0.39 is 5.97 Å². The molecule has 7 heteroatoms. The molecule has 0 saturated heterocycles. The number of rotatable bonds is 3. The number of carbonyl (C=O) groups is 2. The summed E-state index contributed by atoms with van der Waals surface area (Å²) in [4.78, 5) is 27.4. The Balaban J connectivity index is 1.73. The second-order valence-corrected chi connectivity index (χ2v) is 5.34. The first kappa shape index (κ1) is 15.5. The number of anilines is 1. The number of nitrogens with zero attached hydrogens (tertiary/aromatic N) is 1. The molecule has 2 aromatic carbocycles. The summed E-state index contributed by atoms with van der Waals surface area (Å²) in [5, 5.41) is 2.78. The van der Waals surface area contributed by atoms with Crippen molar-refractivity contribution in [2.75, 3.05) is 5.32 Å². The number of aliphatic imine (C=N–C) groups is 1. The fourth-order valence-electron chi connectivity index (χ4n) is 2.41. The van der Waals surface area contributed by atoms with Crippen molar-refractivity contribution in [1.29, 1.82) is 0 Å². The van der Waals surface area contributed by atoms with Crippen LogP contribution in [0.2, 0.25) is 0 Å². The Labute approximate surface area is 138 Å². The highest BCUT2D eigenvalue weighted by molar-refractivity contribution is 5.94. The number of fused-ring (bicyclic) bond motifs is 1. The third kappa shape index (κ3) is 3.52. The number of nitrogens with two attached hydrogens (primary N) is 2. The first-order chi connectivity index (χ1) is 11.5. The van der Waals surface area contributed by atoms with E-state index in [1.807, 2.05) is 0 Å². The zero-order valence-corrected chi connectivity index (χ0v) is 12.8. The van der Waals surface area contributed by atoms with Gasteiger partial charge in [0.05, 0.1) is 11.3 Å². The first-order valence-corrected chi connectivity index (χ1v) is 7.36. The molecule has 0 radical (unpaired) electrons. The van der Waals surface area contributed by atoms with E-state index in [-0.39, 0.29) is 11.9 Å². The van der Waals surface area contributed by atoms with Crippen LogP contribution >= 0.6 is 0 Å². The third-order valence-corrected chi connectivity index (χ3v) is 3.54. The molecule has 1 aliphatic heterocycles. The molecular formula is C17H16N4O3. The minimum absolute atomic E-state index is 0.00638. The third-order valence-electron chi connectivity index (χ3n) is 3.54. The number of hydrogen-bond acceptors (Lipinski definition) is 4. The molecule has 1 heterocycles. The van der Waals surface area contributed by atoms with Crippen molar-refractivity contribution in [2.24, 2.45) is 16.5 Å². The zero-order valence-electron chi connectivity index (χ0n) is 12.8. The van der Waals surface area contributed by atoms with Crippen molar-refractivity contribution < 1.29 is 14.3 Å². The number of amides is 1. The highest BCUT2D eigenvalue weighted by Crippen LogP contribution is 2.27. The van der Waals surface area contributed by atoms with E-state index in [0.717, 1.165) is 11.3 Å². The van der Waals surface area contributed by atoms with Crippen LogP contribution in [0.15, 0.2) is 47.5 Å². The summed E-state index contributed by atoms with van der Waals surface area (Å²) in [5.41, 5.74) is 13.2. The number of benzene rings is 2. The van der Waals surface area contributed by atoms with Gasteiger partial charge in [0.15, 0.2) is 5.96 Å². The summed E-state index contributed by atoms with van der Waals surface area (Å²) in [5.74, 6) is -0.103. The van der Waals surface area contributed by atoms with E-state index in [1.54, 1.807) is 42.5 Å². The van der Waals surface area contributed by atoms with Crippen molar-refractivity contribution in [3.8, 4) is 5.75 Å². The lowest BCUT2D eigenvalue weighted by molar-refractivity contribution is -0.116. The molecule has 0 aliphatic carbocycles. The Morgan fingerprint density at radius 2 is 1.83 bits per heavy atom. The van der Waals surface area contributed by atoms with E-state index >= 15 is 0 Å². The summed E-state index contributed by atoms with van der Waals surface area (Å²) in [6, 6.07) is 11.6. The maximum Gasteiger partial charge on any atom is 0.343 e. The van der Waals surface area contributed by atoms with Gasteiger partial charge in [-0.1, -0.05) is 0 Å². The summed E-state index contributed by atoms with van der Waals surface area (Å²) in [6.07, 6.45) is 1.05. The summed E-state index contributed by atoms with van der Waals surface area (Å²) in [6.45, 7) is 0. The van der Waals surface area contributed by atoms with Crippen molar-refractivity contribution in [3.63, 3.8) is 0 Å². The average molecular weight is 324 g/mol. The predicted octanol–water partition coefficient (Wildman–Crippen LogP) is 1.70. The number of hydrogen-bond donors (Lipinski definition) is 3. The van der Waals surface area contributed by atoms with Gasteiger partial charge in [0, 0.05) is 12.1 Å². The molecule has 122 valence electrons. The van der Waals surface area contributed by atoms with Gasteiger partial charge in [-0.05, 0) is 54.4 Å². The van der Waals surface area contributed by atoms with E-state index in [4.69, 9.17) is 16.2 Å². The van der Waals surface area contributed by atoms with Crippen LogP contribution in [0.1, 0.15) is 22.3 Å². The minimum Gasteiger partial charge on any atom is -0.423 e. The molecule has 0 aromatic heterocycles. The molecule has 7 nitrogen and oxygen atoms in total. The molecule has 5 N–H and O–H groups in total. The van der Waals surface area contributed by atoms with Crippen LogP contribution < -0.4 is 21.5 Å². The lowest BCUT2D eigenvalue weighted by atomic mass is 10.0. The van der Waals surface area contributed by atoms with E-state index in [0.29, 0.717) is 29.8 Å². The Hall–Kier alpha value is -3.35. The second-order valence-electron chi connectivity index (χ2n) is 5.34. The van der Waals surface area contributed by atoms with Gasteiger partial charge >= 0.3 is 5.97 Å². The molecule has 0 unspecified atom stereocenters. The van der Waals surface area contributed by atoms with E-state index in [9.17, 15) is 9.59 Å². The molecule has 0 fully saturated rings. The van der Waals surface area contributed by atoms with Gasteiger partial charge in [-0.3, -0.25) is 4.79 Å². The van der Waals surface area contributed by atoms with Crippen LogP contribution in [-0.4, -0.2) is 17.8 Å². The van der Waals surface area contributed by atoms with E-state index in [2.05, 4.69) is 10.3 Å². The standard InChI is InChI=1S/C17H16N4O3/c18-17(19)20-12-4-1-10(2-5-12)16(23)24-13-6-7-14-11(9-13)3-8-15(22)21-14/h1-2,4-7,9H,3,8H2,(H,21,22)(H4,18,19,20). The van der Waals surface area contributed by atoms with Crippen LogP contribution in [-0.2, 0) is 11.2 Å². The molecule has 1 amide bonds. The monoisotopic (exact) mass is 324 g/mol. The Kier molecular flexibility index (Phi) is 4.15. The minimum atomic E-state index is -0.481. The zero-order chi connectivity index (χ0) is 17.1. The topological polar surface area (TPSA) is 120 Å². The van der Waals surface area contributed by atoms with Gasteiger partial charge in [0.25, 0.3) is 0 Å². The molecule has 2 aromatic rings. The van der Waals surface area contributed by atoms with Crippen molar-refractivity contribution in [3.05, 3.63) is 53.6 Å². The van der Waals surface area contributed by atoms with Gasteiger partial charge in [-0.2, -0.15) is 0 Å². The average Bonchev–Trinajstić information content (AvgIpc) is 2.55. The molecule has 3 rings (SSSR count). The molecule has 0 saturated carbocycles. The smallest absolute Gasteiger partial charge is 0.343 e. The van der Waals surface area contributed by atoms with Crippen molar-refractivity contribution in [2.45, 2.75) is 12.8 Å². The summed E-state index contributed by atoms with van der Waals surface area (Å²) in [7, 11) is 0. The lowest BCUT2D eigenvalue weighted by Gasteiger charge is -2.17. The van der Waals surface area contributed by atoms with Crippen LogP contribution in [0.5, 0.6) is 5.75 Å². The predicted molar refractivity (Wildman–Crippen MR) is 90.3 cm³/mol. The second kappa shape index (κ2) is 6.41. The van der Waals surface area contributed by atoms with Gasteiger partial charge in [0.1, 0.15) is 5.75 Å². The molecule has 0 spiro atoms. The number of ether oxygens (including phenoxy) is 1. The largest absolute Gasteiger partial charge is 0.423 e. The van der Waals surface area contributed by atoms with Gasteiger partial charge in [-0.15, -0.1) is 0 Å². The number of aryl methyl sites for hydroxylation is 1. The molecule has 0 bridgehead atoms. The van der Waals surface area contributed by atoms with E-state index in [1.165, 1.54) is 0 Å². The molecule has 0 atom stereocenters. The number of esters is 1. The van der Waals surface area contributed by atoms with Crippen LogP contribution in [0.25, 0.3) is 0 Å². The van der Waals surface area contributed by atoms with Crippen LogP contribution in [0.3, 0.4) is 0 Å². The fraction of sp³-hybridized carbons (Fsp3) is 0.118. The van der Waals surface area contributed by atoms with Crippen molar-refractivity contribution >= 4 is 29.2 Å². The Morgan fingerprint density at radius 3 is 2.54 bits per heavy atom. The fourth-order valence-corrected chi connectivity index (χ4v) is 2.41. The molecule has 1 aliphatic rings. The Morgan fingerprint density at radius 1 is 1.08 bits per heavy atom.